The summed E-state index contributed by atoms with van der Waals surface area (Å²) in [5, 5.41) is 16.5. The van der Waals surface area contributed by atoms with E-state index >= 15 is 0 Å². The third-order valence-corrected chi connectivity index (χ3v) is 5.54. The minimum atomic E-state index is -5.08. The summed E-state index contributed by atoms with van der Waals surface area (Å²) in [4.78, 5) is 46.6. The number of aliphatic carboxylic acids is 1. The van der Waals surface area contributed by atoms with E-state index in [1.807, 2.05) is 6.07 Å². The summed E-state index contributed by atoms with van der Waals surface area (Å²) in [6, 6.07) is 12.2. The molecule has 0 radical (unpaired) electrons. The molecule has 0 aromatic heterocycles. The number of rotatable bonds is 6. The van der Waals surface area contributed by atoms with Crippen LogP contribution in [0.3, 0.4) is 0 Å². The molecule has 2 aromatic carbocycles. The number of ketones is 2. The van der Waals surface area contributed by atoms with Gasteiger partial charge in [-0.1, -0.05) is 36.4 Å². The lowest BCUT2D eigenvalue weighted by atomic mass is 9.83. The van der Waals surface area contributed by atoms with Crippen LogP contribution in [0.15, 0.2) is 42.5 Å². The average molecular weight is 491 g/mol. The van der Waals surface area contributed by atoms with Crippen LogP contribution in [0.2, 0.25) is 0 Å². The van der Waals surface area contributed by atoms with Gasteiger partial charge in [0.2, 0.25) is 5.91 Å². The quantitative estimate of drug-likeness (QED) is 0.391. The van der Waals surface area contributed by atoms with E-state index in [9.17, 15) is 27.6 Å². The molecular weight excluding hydrogens is 467 g/mol. The summed E-state index contributed by atoms with van der Waals surface area (Å²) >= 11 is 0. The number of halogens is 3. The zero-order valence-corrected chi connectivity index (χ0v) is 18.6. The van der Waals surface area contributed by atoms with Crippen LogP contribution in [0.25, 0.3) is 0 Å². The van der Waals surface area contributed by atoms with Gasteiger partial charge in [0.15, 0.2) is 11.6 Å². The van der Waals surface area contributed by atoms with Gasteiger partial charge in [-0.2, -0.15) is 13.2 Å². The number of carbonyl (C=O) groups excluding carboxylic acids is 3. The van der Waals surface area contributed by atoms with Crippen molar-refractivity contribution < 1.29 is 37.5 Å². The molecule has 1 aliphatic carbocycles. The first kappa shape index (κ1) is 25.9. The van der Waals surface area contributed by atoms with Gasteiger partial charge in [0.25, 0.3) is 0 Å². The van der Waals surface area contributed by atoms with E-state index in [1.54, 1.807) is 36.4 Å². The van der Waals surface area contributed by atoms with Gasteiger partial charge in [0, 0.05) is 35.5 Å². The predicted molar refractivity (Wildman–Crippen MR) is 121 cm³/mol. The summed E-state index contributed by atoms with van der Waals surface area (Å²) in [5.41, 5.74) is 2.44. The van der Waals surface area contributed by atoms with Crippen LogP contribution in [0, 0.1) is 0 Å². The molecule has 1 aliphatic heterocycles. The molecule has 0 bridgehead atoms. The topological polar surface area (TPSA) is 125 Å². The highest BCUT2D eigenvalue weighted by Gasteiger charge is 2.38. The number of benzene rings is 2. The zero-order valence-electron chi connectivity index (χ0n) is 18.6. The second kappa shape index (κ2) is 11.1. The fourth-order valence-electron chi connectivity index (χ4n) is 3.85. The van der Waals surface area contributed by atoms with Crippen LogP contribution < -0.4 is 16.0 Å². The van der Waals surface area contributed by atoms with Gasteiger partial charge in [-0.3, -0.25) is 14.4 Å². The van der Waals surface area contributed by atoms with Crippen LogP contribution in [-0.4, -0.2) is 60.4 Å². The Morgan fingerprint density at radius 2 is 1.60 bits per heavy atom. The van der Waals surface area contributed by atoms with Crippen molar-refractivity contribution >= 4 is 29.1 Å². The lowest BCUT2D eigenvalue weighted by Crippen LogP contribution is -2.41. The number of alkyl halides is 3. The van der Waals surface area contributed by atoms with E-state index in [0.29, 0.717) is 41.0 Å². The molecule has 186 valence electrons. The number of fused-ring (bicyclic) bond motifs is 2. The molecule has 1 atom stereocenters. The Kier molecular flexibility index (Phi) is 8.23. The molecule has 11 heteroatoms. The Labute approximate surface area is 198 Å². The fourth-order valence-corrected chi connectivity index (χ4v) is 3.85. The number of carbonyl (C=O) groups is 4. The smallest absolute Gasteiger partial charge is 0.475 e. The average Bonchev–Trinajstić information content (AvgIpc) is 3.37. The number of hydrogen-bond acceptors (Lipinski definition) is 6. The van der Waals surface area contributed by atoms with Crippen molar-refractivity contribution in [3.8, 4) is 0 Å². The standard InChI is InChI=1S/C22H23N3O3.C2HF3O2/c26-20-14-6-1-2-7-15(14)21(27)19-16(20)8-3-9-17(19)23-12-5-13-25-22(28)18-10-4-11-24-18;3-2(4,5)1(6)7/h1-3,6-9,18,23-24H,4-5,10-13H2,(H,25,28);(H,6,7)/t18-;/m1./s1. The molecule has 2 aromatic rings. The molecule has 1 amide bonds. The first-order chi connectivity index (χ1) is 16.6. The number of carboxylic acid groups (broad SMARTS) is 1. The van der Waals surface area contributed by atoms with Crippen molar-refractivity contribution in [1.29, 1.82) is 0 Å². The highest BCUT2D eigenvalue weighted by molar-refractivity contribution is 6.30. The Balaban J connectivity index is 0.000000429. The van der Waals surface area contributed by atoms with E-state index in [0.717, 1.165) is 25.8 Å². The SMILES string of the molecule is O=C(O)C(F)(F)F.O=C1c2ccccc2C(=O)c2c(NCCCNC(=O)[C@H]3CCCN3)cccc21. The number of nitrogens with one attached hydrogen (secondary N) is 3. The van der Waals surface area contributed by atoms with Crippen molar-refractivity contribution in [3.05, 3.63) is 64.7 Å². The number of carboxylic acids is 1. The van der Waals surface area contributed by atoms with Crippen LogP contribution >= 0.6 is 0 Å². The van der Waals surface area contributed by atoms with Gasteiger partial charge in [0.1, 0.15) is 0 Å². The molecule has 4 rings (SSSR count). The van der Waals surface area contributed by atoms with E-state index in [2.05, 4.69) is 16.0 Å². The molecule has 1 saturated heterocycles. The van der Waals surface area contributed by atoms with Crippen LogP contribution in [0.1, 0.15) is 51.1 Å². The van der Waals surface area contributed by atoms with Crippen LogP contribution in [0.5, 0.6) is 0 Å². The first-order valence-electron chi connectivity index (χ1n) is 11.0. The largest absolute Gasteiger partial charge is 0.490 e. The van der Waals surface area contributed by atoms with E-state index in [-0.39, 0.29) is 23.5 Å². The zero-order chi connectivity index (χ0) is 25.6. The monoisotopic (exact) mass is 491 g/mol. The molecule has 4 N–H and O–H groups in total. The molecule has 0 spiro atoms. The maximum Gasteiger partial charge on any atom is 0.490 e. The summed E-state index contributed by atoms with van der Waals surface area (Å²) in [6.07, 6.45) is -2.44. The lowest BCUT2D eigenvalue weighted by Gasteiger charge is -2.20. The highest BCUT2D eigenvalue weighted by Crippen LogP contribution is 2.31. The third-order valence-electron chi connectivity index (χ3n) is 5.54. The Morgan fingerprint density at radius 3 is 2.20 bits per heavy atom. The molecule has 1 fully saturated rings. The van der Waals surface area contributed by atoms with Gasteiger partial charge >= 0.3 is 12.1 Å². The molecule has 35 heavy (non-hydrogen) atoms. The number of anilines is 1. The molecule has 0 unspecified atom stereocenters. The molecule has 0 saturated carbocycles. The van der Waals surface area contributed by atoms with Gasteiger partial charge < -0.3 is 21.1 Å². The minimum Gasteiger partial charge on any atom is -0.475 e. The predicted octanol–water partition coefficient (Wildman–Crippen LogP) is 2.77. The van der Waals surface area contributed by atoms with Crippen molar-refractivity contribution in [2.24, 2.45) is 0 Å². The molecule has 2 aliphatic rings. The Bertz CT molecular complexity index is 1130. The van der Waals surface area contributed by atoms with E-state index in [4.69, 9.17) is 9.90 Å². The summed E-state index contributed by atoms with van der Waals surface area (Å²) in [7, 11) is 0. The summed E-state index contributed by atoms with van der Waals surface area (Å²) < 4.78 is 31.7. The molecular formula is C24H24F3N3O5. The third kappa shape index (κ3) is 6.24. The molecule has 1 heterocycles. The summed E-state index contributed by atoms with van der Waals surface area (Å²) in [6.45, 7) is 2.06. The molecule has 8 nitrogen and oxygen atoms in total. The Morgan fingerprint density at radius 1 is 0.971 bits per heavy atom. The van der Waals surface area contributed by atoms with Crippen molar-refractivity contribution in [1.82, 2.24) is 10.6 Å². The Hall–Kier alpha value is -3.73. The van der Waals surface area contributed by atoms with Crippen molar-refractivity contribution in [2.45, 2.75) is 31.5 Å². The van der Waals surface area contributed by atoms with Gasteiger partial charge in [-0.15, -0.1) is 0 Å². The second-order valence-electron chi connectivity index (χ2n) is 7.96. The van der Waals surface area contributed by atoms with Crippen LogP contribution in [0.4, 0.5) is 18.9 Å². The fraction of sp³-hybridized carbons (Fsp3) is 0.333. The second-order valence-corrected chi connectivity index (χ2v) is 7.96. The van der Waals surface area contributed by atoms with Crippen molar-refractivity contribution in [3.63, 3.8) is 0 Å². The van der Waals surface area contributed by atoms with Gasteiger partial charge in [-0.25, -0.2) is 4.79 Å². The lowest BCUT2D eigenvalue weighted by molar-refractivity contribution is -0.192. The van der Waals surface area contributed by atoms with Gasteiger partial charge in [0.05, 0.1) is 11.6 Å². The summed E-state index contributed by atoms with van der Waals surface area (Å²) in [5.74, 6) is -2.96. The van der Waals surface area contributed by atoms with E-state index < -0.39 is 12.1 Å². The maximum atomic E-state index is 12.9. The van der Waals surface area contributed by atoms with Crippen molar-refractivity contribution in [2.75, 3.05) is 25.0 Å². The normalized spacial score (nSPS) is 16.5. The highest BCUT2D eigenvalue weighted by atomic mass is 19.4. The maximum absolute atomic E-state index is 12.9. The van der Waals surface area contributed by atoms with E-state index in [1.165, 1.54) is 0 Å². The van der Waals surface area contributed by atoms with Gasteiger partial charge in [-0.05, 0) is 31.9 Å². The number of hydrogen-bond donors (Lipinski definition) is 4. The first-order valence-corrected chi connectivity index (χ1v) is 11.0. The minimum absolute atomic E-state index is 0.0481. The van der Waals surface area contributed by atoms with Crippen LogP contribution in [-0.2, 0) is 9.59 Å². The number of amides is 1.